The van der Waals surface area contributed by atoms with Gasteiger partial charge in [0.2, 0.25) is 0 Å². The second-order valence-electron chi connectivity index (χ2n) is 4.41. The van der Waals surface area contributed by atoms with Crippen LogP contribution in [0.3, 0.4) is 0 Å². The van der Waals surface area contributed by atoms with Gasteiger partial charge in [0.15, 0.2) is 0 Å². The minimum Gasteiger partial charge on any atom is -0.375 e. The summed E-state index contributed by atoms with van der Waals surface area (Å²) in [4.78, 5) is 0. The molecular formula is C11H23NO. The third-order valence-electron chi connectivity index (χ3n) is 2.96. The second-order valence-corrected chi connectivity index (χ2v) is 4.41. The van der Waals surface area contributed by atoms with E-state index in [0.29, 0.717) is 12.2 Å². The van der Waals surface area contributed by atoms with E-state index < -0.39 is 0 Å². The third-order valence-corrected chi connectivity index (χ3v) is 2.96. The summed E-state index contributed by atoms with van der Waals surface area (Å²) in [5, 5.41) is 0. The Labute approximate surface area is 81.8 Å². The van der Waals surface area contributed by atoms with Gasteiger partial charge < -0.3 is 10.5 Å². The molecular weight excluding hydrogens is 162 g/mol. The summed E-state index contributed by atoms with van der Waals surface area (Å²) in [6, 6.07) is 0. The monoisotopic (exact) mass is 185 g/mol. The summed E-state index contributed by atoms with van der Waals surface area (Å²) in [6.07, 6.45) is 7.01. The van der Waals surface area contributed by atoms with Gasteiger partial charge in [-0.15, -0.1) is 0 Å². The first-order valence-electron chi connectivity index (χ1n) is 5.58. The molecule has 0 aromatic carbocycles. The Bertz CT molecular complexity index is 130. The second kappa shape index (κ2) is 5.61. The van der Waals surface area contributed by atoms with Crippen molar-refractivity contribution in [3.8, 4) is 0 Å². The maximum atomic E-state index is 5.90. The van der Waals surface area contributed by atoms with Crippen molar-refractivity contribution >= 4 is 0 Å². The van der Waals surface area contributed by atoms with Gasteiger partial charge in [0.05, 0.1) is 12.2 Å². The molecule has 78 valence electrons. The van der Waals surface area contributed by atoms with E-state index in [4.69, 9.17) is 10.5 Å². The zero-order valence-corrected chi connectivity index (χ0v) is 8.96. The Hall–Kier alpha value is -0.0800. The lowest BCUT2D eigenvalue weighted by molar-refractivity contribution is -0.0289. The normalized spacial score (nSPS) is 31.6. The molecule has 0 aromatic heterocycles. The molecule has 1 unspecified atom stereocenters. The van der Waals surface area contributed by atoms with Gasteiger partial charge in [0.25, 0.3) is 0 Å². The Morgan fingerprint density at radius 1 is 1.31 bits per heavy atom. The SMILES string of the molecule is CC1CCC(OC(C)CCN)CC1. The fourth-order valence-electron chi connectivity index (χ4n) is 2.00. The molecule has 1 aliphatic rings. The Kier molecular flexibility index (Phi) is 4.74. The summed E-state index contributed by atoms with van der Waals surface area (Å²) in [6.45, 7) is 5.20. The lowest BCUT2D eigenvalue weighted by atomic mass is 9.89. The van der Waals surface area contributed by atoms with Crippen LogP contribution < -0.4 is 5.73 Å². The van der Waals surface area contributed by atoms with Crippen LogP contribution in [0.5, 0.6) is 0 Å². The molecule has 1 atom stereocenters. The van der Waals surface area contributed by atoms with Crippen LogP contribution in [0.2, 0.25) is 0 Å². The van der Waals surface area contributed by atoms with Gasteiger partial charge in [-0.25, -0.2) is 0 Å². The molecule has 0 saturated heterocycles. The van der Waals surface area contributed by atoms with Crippen molar-refractivity contribution in [1.29, 1.82) is 0 Å². The quantitative estimate of drug-likeness (QED) is 0.729. The van der Waals surface area contributed by atoms with Gasteiger partial charge in [-0.1, -0.05) is 6.92 Å². The van der Waals surface area contributed by atoms with Crippen LogP contribution in [0, 0.1) is 5.92 Å². The van der Waals surface area contributed by atoms with Crippen molar-refractivity contribution in [2.45, 2.75) is 58.2 Å². The lowest BCUT2D eigenvalue weighted by Gasteiger charge is -2.28. The summed E-state index contributed by atoms with van der Waals surface area (Å²) >= 11 is 0. The standard InChI is InChI=1S/C11H23NO/c1-9-3-5-11(6-4-9)13-10(2)7-8-12/h9-11H,3-8,12H2,1-2H3. The first kappa shape index (κ1) is 11.0. The number of hydrogen-bond acceptors (Lipinski definition) is 2. The van der Waals surface area contributed by atoms with Gasteiger partial charge in [-0.2, -0.15) is 0 Å². The molecule has 1 fully saturated rings. The minimum atomic E-state index is 0.350. The third kappa shape index (κ3) is 4.10. The van der Waals surface area contributed by atoms with Crippen LogP contribution in [-0.4, -0.2) is 18.8 Å². The molecule has 0 amide bonds. The minimum absolute atomic E-state index is 0.350. The first-order chi connectivity index (χ1) is 6.22. The van der Waals surface area contributed by atoms with Crippen LogP contribution in [0.4, 0.5) is 0 Å². The molecule has 0 aromatic rings. The molecule has 0 bridgehead atoms. The van der Waals surface area contributed by atoms with E-state index in [9.17, 15) is 0 Å². The van der Waals surface area contributed by atoms with E-state index in [1.165, 1.54) is 25.7 Å². The van der Waals surface area contributed by atoms with Crippen molar-refractivity contribution in [3.63, 3.8) is 0 Å². The molecule has 1 aliphatic carbocycles. The van der Waals surface area contributed by atoms with Crippen LogP contribution >= 0.6 is 0 Å². The van der Waals surface area contributed by atoms with Crippen molar-refractivity contribution in [3.05, 3.63) is 0 Å². The van der Waals surface area contributed by atoms with Gasteiger partial charge >= 0.3 is 0 Å². The largest absolute Gasteiger partial charge is 0.375 e. The summed E-state index contributed by atoms with van der Waals surface area (Å²) in [7, 11) is 0. The predicted molar refractivity (Wildman–Crippen MR) is 55.6 cm³/mol. The van der Waals surface area contributed by atoms with Crippen molar-refractivity contribution < 1.29 is 4.74 Å². The summed E-state index contributed by atoms with van der Waals surface area (Å²) < 4.78 is 5.90. The van der Waals surface area contributed by atoms with E-state index in [1.807, 2.05) is 0 Å². The average molecular weight is 185 g/mol. The van der Waals surface area contributed by atoms with Crippen molar-refractivity contribution in [2.24, 2.45) is 11.7 Å². The fraction of sp³-hybridized carbons (Fsp3) is 1.00. The molecule has 1 rings (SSSR count). The summed E-state index contributed by atoms with van der Waals surface area (Å²) in [5.41, 5.74) is 5.48. The van der Waals surface area contributed by atoms with E-state index in [0.717, 1.165) is 18.9 Å². The van der Waals surface area contributed by atoms with Crippen molar-refractivity contribution in [1.82, 2.24) is 0 Å². The zero-order valence-electron chi connectivity index (χ0n) is 8.96. The smallest absolute Gasteiger partial charge is 0.0579 e. The van der Waals surface area contributed by atoms with Gasteiger partial charge in [-0.3, -0.25) is 0 Å². The average Bonchev–Trinajstić information content (AvgIpc) is 2.09. The topological polar surface area (TPSA) is 35.2 Å². The van der Waals surface area contributed by atoms with Crippen LogP contribution in [-0.2, 0) is 4.74 Å². The van der Waals surface area contributed by atoms with E-state index in [-0.39, 0.29) is 0 Å². The van der Waals surface area contributed by atoms with Crippen LogP contribution in [0.1, 0.15) is 46.0 Å². The Morgan fingerprint density at radius 3 is 2.46 bits per heavy atom. The highest BCUT2D eigenvalue weighted by atomic mass is 16.5. The molecule has 2 nitrogen and oxygen atoms in total. The van der Waals surface area contributed by atoms with E-state index in [1.54, 1.807) is 0 Å². The molecule has 0 aliphatic heterocycles. The van der Waals surface area contributed by atoms with E-state index in [2.05, 4.69) is 13.8 Å². The fourth-order valence-corrected chi connectivity index (χ4v) is 2.00. The number of ether oxygens (including phenoxy) is 1. The highest BCUT2D eigenvalue weighted by Crippen LogP contribution is 2.26. The molecule has 0 heterocycles. The molecule has 0 spiro atoms. The van der Waals surface area contributed by atoms with Gasteiger partial charge in [0, 0.05) is 0 Å². The first-order valence-corrected chi connectivity index (χ1v) is 5.58. The molecule has 13 heavy (non-hydrogen) atoms. The number of hydrogen-bond donors (Lipinski definition) is 1. The Morgan fingerprint density at radius 2 is 1.92 bits per heavy atom. The number of rotatable bonds is 4. The lowest BCUT2D eigenvalue weighted by Crippen LogP contribution is -2.26. The maximum absolute atomic E-state index is 5.90. The Balaban J connectivity index is 2.14. The molecule has 0 radical (unpaired) electrons. The molecule has 2 heteroatoms. The van der Waals surface area contributed by atoms with Crippen molar-refractivity contribution in [2.75, 3.05) is 6.54 Å². The highest BCUT2D eigenvalue weighted by molar-refractivity contribution is 4.71. The molecule has 1 saturated carbocycles. The van der Waals surface area contributed by atoms with Crippen LogP contribution in [0.15, 0.2) is 0 Å². The maximum Gasteiger partial charge on any atom is 0.0579 e. The molecule has 2 N–H and O–H groups in total. The van der Waals surface area contributed by atoms with Gasteiger partial charge in [-0.05, 0) is 51.5 Å². The van der Waals surface area contributed by atoms with Crippen LogP contribution in [0.25, 0.3) is 0 Å². The zero-order chi connectivity index (χ0) is 9.68. The van der Waals surface area contributed by atoms with E-state index >= 15 is 0 Å². The number of nitrogens with two attached hydrogens (primary N) is 1. The predicted octanol–water partition coefficient (Wildman–Crippen LogP) is 2.32. The summed E-state index contributed by atoms with van der Waals surface area (Å²) in [5.74, 6) is 0.907. The highest BCUT2D eigenvalue weighted by Gasteiger charge is 2.19. The van der Waals surface area contributed by atoms with Gasteiger partial charge in [0.1, 0.15) is 0 Å².